The van der Waals surface area contributed by atoms with E-state index < -0.39 is 10.0 Å². The molecule has 4 rings (SSSR count). The van der Waals surface area contributed by atoms with Gasteiger partial charge in [0.1, 0.15) is 0 Å². The van der Waals surface area contributed by atoms with Gasteiger partial charge in [-0.25, -0.2) is 17.9 Å². The summed E-state index contributed by atoms with van der Waals surface area (Å²) < 4.78 is 28.1. The molecule has 3 N–H and O–H groups in total. The summed E-state index contributed by atoms with van der Waals surface area (Å²) in [5.74, 6) is 1.90. The molecule has 2 aliphatic rings. The Morgan fingerprint density at radius 2 is 1.96 bits per heavy atom. The van der Waals surface area contributed by atoms with Crippen LogP contribution >= 0.6 is 0 Å². The summed E-state index contributed by atoms with van der Waals surface area (Å²) in [4.78, 5) is 16.7. The van der Waals surface area contributed by atoms with E-state index in [2.05, 4.69) is 14.7 Å². The van der Waals surface area contributed by atoms with Gasteiger partial charge < -0.3 is 9.97 Å². The molecule has 2 aromatic rings. The molecule has 2 aliphatic carbocycles. The van der Waals surface area contributed by atoms with Gasteiger partial charge in [0.2, 0.25) is 10.0 Å². The number of hydrogen-bond acceptors (Lipinski definition) is 3. The minimum atomic E-state index is -3.58. The molecule has 0 amide bonds. The first-order valence-corrected chi connectivity index (χ1v) is 9.65. The van der Waals surface area contributed by atoms with E-state index in [1.165, 1.54) is 31.4 Å². The molecule has 6 nitrogen and oxygen atoms in total. The van der Waals surface area contributed by atoms with Gasteiger partial charge in [-0.05, 0) is 62.1 Å². The van der Waals surface area contributed by atoms with Crippen molar-refractivity contribution in [1.82, 2.24) is 14.7 Å². The number of aromatic amines is 2. The molecule has 1 aromatic heterocycles. The molecular formula is C16H21N3O3S. The molecule has 0 aliphatic heterocycles. The van der Waals surface area contributed by atoms with Crippen LogP contribution in [-0.4, -0.2) is 24.4 Å². The van der Waals surface area contributed by atoms with E-state index in [9.17, 15) is 13.2 Å². The van der Waals surface area contributed by atoms with Crippen LogP contribution in [0.2, 0.25) is 0 Å². The van der Waals surface area contributed by atoms with E-state index in [-0.39, 0.29) is 16.6 Å². The lowest BCUT2D eigenvalue weighted by molar-refractivity contribution is 0.280. The minimum Gasteiger partial charge on any atom is -0.306 e. The lowest BCUT2D eigenvalue weighted by Gasteiger charge is -2.28. The first kappa shape index (κ1) is 15.0. The van der Waals surface area contributed by atoms with Crippen LogP contribution in [0.4, 0.5) is 0 Å². The van der Waals surface area contributed by atoms with Crippen LogP contribution in [-0.2, 0) is 10.0 Å². The Balaban J connectivity index is 1.57. The number of fused-ring (bicyclic) bond motifs is 3. The largest absolute Gasteiger partial charge is 0.323 e. The fourth-order valence-corrected chi connectivity index (χ4v) is 5.81. The van der Waals surface area contributed by atoms with Gasteiger partial charge in [0.15, 0.2) is 0 Å². The summed E-state index contributed by atoms with van der Waals surface area (Å²) in [5, 5.41) is 0. The van der Waals surface area contributed by atoms with Gasteiger partial charge in [0.25, 0.3) is 0 Å². The van der Waals surface area contributed by atoms with Gasteiger partial charge in [-0.2, -0.15) is 0 Å². The lowest BCUT2D eigenvalue weighted by atomic mass is 9.84. The van der Waals surface area contributed by atoms with Crippen LogP contribution < -0.4 is 10.4 Å². The number of nitrogens with one attached hydrogen (secondary N) is 3. The van der Waals surface area contributed by atoms with Gasteiger partial charge >= 0.3 is 5.69 Å². The van der Waals surface area contributed by atoms with Crippen molar-refractivity contribution in [2.45, 2.75) is 43.5 Å². The maximum absolute atomic E-state index is 12.6. The Labute approximate surface area is 134 Å². The molecular weight excluding hydrogens is 314 g/mol. The van der Waals surface area contributed by atoms with Crippen molar-refractivity contribution in [3.8, 4) is 0 Å². The molecule has 23 heavy (non-hydrogen) atoms. The van der Waals surface area contributed by atoms with E-state index in [0.29, 0.717) is 22.9 Å². The van der Waals surface area contributed by atoms with Crippen LogP contribution in [0.25, 0.3) is 11.0 Å². The summed E-state index contributed by atoms with van der Waals surface area (Å²) in [6, 6.07) is 4.59. The fourth-order valence-electron chi connectivity index (χ4n) is 4.49. The average molecular weight is 335 g/mol. The zero-order chi connectivity index (χ0) is 16.2. The average Bonchev–Trinajstić information content (AvgIpc) is 3.19. The van der Waals surface area contributed by atoms with Crippen molar-refractivity contribution >= 4 is 21.1 Å². The predicted molar refractivity (Wildman–Crippen MR) is 87.6 cm³/mol. The molecule has 4 atom stereocenters. The monoisotopic (exact) mass is 335 g/mol. The molecule has 2 saturated carbocycles. The fraction of sp³-hybridized carbons (Fsp3) is 0.562. The zero-order valence-electron chi connectivity index (χ0n) is 13.0. The number of benzene rings is 1. The summed E-state index contributed by atoms with van der Waals surface area (Å²) in [5.41, 5.74) is 0.776. The van der Waals surface area contributed by atoms with Crippen molar-refractivity contribution < 1.29 is 8.42 Å². The van der Waals surface area contributed by atoms with Crippen LogP contribution in [0.15, 0.2) is 27.9 Å². The molecule has 1 heterocycles. The second-order valence-corrected chi connectivity index (χ2v) is 8.75. The van der Waals surface area contributed by atoms with Crippen molar-refractivity contribution in [3.05, 3.63) is 28.7 Å². The van der Waals surface area contributed by atoms with Gasteiger partial charge in [0, 0.05) is 6.04 Å². The van der Waals surface area contributed by atoms with E-state index >= 15 is 0 Å². The smallest absolute Gasteiger partial charge is 0.306 e. The summed E-state index contributed by atoms with van der Waals surface area (Å²) >= 11 is 0. The van der Waals surface area contributed by atoms with Gasteiger partial charge in [-0.3, -0.25) is 0 Å². The molecule has 2 fully saturated rings. The van der Waals surface area contributed by atoms with Crippen molar-refractivity contribution in [3.63, 3.8) is 0 Å². The van der Waals surface area contributed by atoms with Gasteiger partial charge in [0.05, 0.1) is 15.9 Å². The highest BCUT2D eigenvalue weighted by Crippen LogP contribution is 2.49. The molecule has 2 bridgehead atoms. The van der Waals surface area contributed by atoms with E-state index in [1.54, 1.807) is 6.07 Å². The van der Waals surface area contributed by atoms with Crippen LogP contribution in [0.5, 0.6) is 0 Å². The van der Waals surface area contributed by atoms with E-state index in [0.717, 1.165) is 12.3 Å². The molecule has 124 valence electrons. The number of sulfonamides is 1. The maximum Gasteiger partial charge on any atom is 0.323 e. The van der Waals surface area contributed by atoms with Crippen LogP contribution in [0.3, 0.4) is 0 Å². The number of aromatic nitrogens is 2. The SMILES string of the molecule is C[C@@H](NS(=O)(=O)c1ccc2[nH]c(=O)[nH]c2c1)[C@H]1C[C@H]2CC[C@H]1C2. The van der Waals surface area contributed by atoms with Crippen molar-refractivity contribution in [2.24, 2.45) is 17.8 Å². The number of hydrogen-bond donors (Lipinski definition) is 3. The normalized spacial score (nSPS) is 28.5. The third-order valence-electron chi connectivity index (χ3n) is 5.57. The van der Waals surface area contributed by atoms with Crippen molar-refractivity contribution in [1.29, 1.82) is 0 Å². The standard InChI is InChI=1S/C16H21N3O3S/c1-9(13-7-10-2-3-11(13)6-10)19-23(21,22)12-4-5-14-15(8-12)18-16(20)17-14/h4-5,8-11,13,19H,2-3,6-7H2,1H3,(H2,17,18,20)/t9-,10+,11+,13-/m1/s1. The van der Waals surface area contributed by atoms with E-state index in [4.69, 9.17) is 0 Å². The number of imidazole rings is 1. The van der Waals surface area contributed by atoms with Gasteiger partial charge in [-0.15, -0.1) is 0 Å². The van der Waals surface area contributed by atoms with Gasteiger partial charge in [-0.1, -0.05) is 6.42 Å². The number of H-pyrrole nitrogens is 2. The third-order valence-corrected chi connectivity index (χ3v) is 7.13. The summed E-state index contributed by atoms with van der Waals surface area (Å²) in [7, 11) is -3.58. The molecule has 0 spiro atoms. The van der Waals surface area contributed by atoms with Crippen molar-refractivity contribution in [2.75, 3.05) is 0 Å². The topological polar surface area (TPSA) is 94.8 Å². The van der Waals surface area contributed by atoms with Crippen LogP contribution in [0, 0.1) is 17.8 Å². The Kier molecular flexibility index (Phi) is 3.39. The second kappa shape index (κ2) is 5.21. The molecule has 7 heteroatoms. The number of rotatable bonds is 4. The molecule has 0 unspecified atom stereocenters. The third kappa shape index (κ3) is 2.61. The zero-order valence-corrected chi connectivity index (χ0v) is 13.8. The Bertz CT molecular complexity index is 899. The Morgan fingerprint density at radius 3 is 2.65 bits per heavy atom. The predicted octanol–water partition coefficient (Wildman–Crippen LogP) is 1.96. The summed E-state index contributed by atoms with van der Waals surface area (Å²) in [6.07, 6.45) is 4.93. The molecule has 0 radical (unpaired) electrons. The first-order valence-electron chi connectivity index (χ1n) is 8.17. The highest BCUT2D eigenvalue weighted by atomic mass is 32.2. The molecule has 1 aromatic carbocycles. The van der Waals surface area contributed by atoms with E-state index in [1.807, 2.05) is 6.92 Å². The quantitative estimate of drug-likeness (QED) is 0.797. The first-order chi connectivity index (χ1) is 10.9. The lowest BCUT2D eigenvalue weighted by Crippen LogP contribution is -2.40. The Hall–Kier alpha value is -1.60. The highest BCUT2D eigenvalue weighted by Gasteiger charge is 2.42. The Morgan fingerprint density at radius 1 is 1.17 bits per heavy atom. The molecule has 0 saturated heterocycles. The second-order valence-electron chi connectivity index (χ2n) is 7.04. The summed E-state index contributed by atoms with van der Waals surface area (Å²) in [6.45, 7) is 1.97. The maximum atomic E-state index is 12.6. The van der Waals surface area contributed by atoms with Crippen LogP contribution in [0.1, 0.15) is 32.6 Å². The highest BCUT2D eigenvalue weighted by molar-refractivity contribution is 7.89. The minimum absolute atomic E-state index is 0.0590.